The number of hydrogen-bond donors (Lipinski definition) is 1. The summed E-state index contributed by atoms with van der Waals surface area (Å²) >= 11 is 5.04. The second-order valence-corrected chi connectivity index (χ2v) is 5.76. The van der Waals surface area contributed by atoms with Crippen molar-refractivity contribution in [1.82, 2.24) is 0 Å². The summed E-state index contributed by atoms with van der Waals surface area (Å²) in [5.74, 6) is 0. The fourth-order valence-corrected chi connectivity index (χ4v) is 3.72. The van der Waals surface area contributed by atoms with Crippen molar-refractivity contribution in [2.75, 3.05) is 0 Å². The summed E-state index contributed by atoms with van der Waals surface area (Å²) < 4.78 is 0.964. The van der Waals surface area contributed by atoms with Crippen LogP contribution in [0.1, 0.15) is 22.9 Å². The molecule has 1 aromatic carbocycles. The Labute approximate surface area is 108 Å². The van der Waals surface area contributed by atoms with Crippen LogP contribution in [0.4, 0.5) is 0 Å². The monoisotopic (exact) mass is 296 g/mol. The van der Waals surface area contributed by atoms with E-state index in [9.17, 15) is 5.11 Å². The van der Waals surface area contributed by atoms with E-state index in [1.807, 2.05) is 49.6 Å². The second-order valence-electron chi connectivity index (χ2n) is 3.98. The van der Waals surface area contributed by atoms with Crippen LogP contribution in [0.15, 0.2) is 40.2 Å². The van der Waals surface area contributed by atoms with Crippen LogP contribution >= 0.6 is 27.3 Å². The first kappa shape index (κ1) is 11.8. The number of hydrogen-bond acceptors (Lipinski definition) is 2. The van der Waals surface area contributed by atoms with E-state index in [4.69, 9.17) is 0 Å². The highest BCUT2D eigenvalue weighted by Crippen LogP contribution is 2.38. The Hall–Kier alpha value is -0.640. The van der Waals surface area contributed by atoms with Crippen molar-refractivity contribution in [3.05, 3.63) is 56.2 Å². The van der Waals surface area contributed by atoms with Gasteiger partial charge in [0.25, 0.3) is 0 Å². The van der Waals surface area contributed by atoms with E-state index >= 15 is 0 Å². The number of thiophene rings is 1. The van der Waals surface area contributed by atoms with Crippen LogP contribution in [0.3, 0.4) is 0 Å². The minimum atomic E-state index is -0.932. The van der Waals surface area contributed by atoms with Gasteiger partial charge in [0.1, 0.15) is 5.60 Å². The van der Waals surface area contributed by atoms with E-state index in [0.29, 0.717) is 0 Å². The predicted octanol–water partition coefficient (Wildman–Crippen LogP) is 4.07. The molecule has 2 rings (SSSR count). The highest BCUT2D eigenvalue weighted by Gasteiger charge is 2.30. The molecular weight excluding hydrogens is 284 g/mol. The van der Waals surface area contributed by atoms with Crippen molar-refractivity contribution in [3.8, 4) is 0 Å². The fraction of sp³-hybridized carbons (Fsp3) is 0.231. The fourth-order valence-electron chi connectivity index (χ4n) is 1.88. The smallest absolute Gasteiger partial charge is 0.122 e. The standard InChI is InChI=1S/C13H13BrOS/c1-9-5-3-4-6-10(9)13(2,15)12-11(14)7-8-16-12/h3-8,15H,1-2H3. The predicted molar refractivity (Wildman–Crippen MR) is 71.9 cm³/mol. The largest absolute Gasteiger partial charge is 0.380 e. The topological polar surface area (TPSA) is 20.2 Å². The molecule has 1 atom stereocenters. The Morgan fingerprint density at radius 1 is 1.25 bits per heavy atom. The molecule has 0 saturated heterocycles. The molecule has 0 aliphatic heterocycles. The van der Waals surface area contributed by atoms with Gasteiger partial charge in [-0.05, 0) is 52.4 Å². The Morgan fingerprint density at radius 2 is 1.94 bits per heavy atom. The molecule has 0 saturated carbocycles. The van der Waals surface area contributed by atoms with E-state index in [-0.39, 0.29) is 0 Å². The average molecular weight is 297 g/mol. The van der Waals surface area contributed by atoms with Crippen molar-refractivity contribution in [3.63, 3.8) is 0 Å². The molecule has 0 aliphatic rings. The van der Waals surface area contributed by atoms with Crippen LogP contribution in [0.2, 0.25) is 0 Å². The zero-order valence-electron chi connectivity index (χ0n) is 9.20. The lowest BCUT2D eigenvalue weighted by molar-refractivity contribution is 0.105. The van der Waals surface area contributed by atoms with E-state index in [1.165, 1.54) is 0 Å². The summed E-state index contributed by atoms with van der Waals surface area (Å²) in [6, 6.07) is 9.90. The van der Waals surface area contributed by atoms with Gasteiger partial charge >= 0.3 is 0 Å². The molecule has 1 N–H and O–H groups in total. The maximum atomic E-state index is 10.7. The van der Waals surface area contributed by atoms with Crippen molar-refractivity contribution in [1.29, 1.82) is 0 Å². The minimum Gasteiger partial charge on any atom is -0.380 e. The molecule has 1 nitrogen and oxygen atoms in total. The Bertz CT molecular complexity index is 502. The Kier molecular flexibility index (Phi) is 3.19. The minimum absolute atomic E-state index is 0.932. The van der Waals surface area contributed by atoms with E-state index in [2.05, 4.69) is 15.9 Å². The lowest BCUT2D eigenvalue weighted by Crippen LogP contribution is -2.23. The summed E-state index contributed by atoms with van der Waals surface area (Å²) in [6.07, 6.45) is 0. The number of benzene rings is 1. The summed E-state index contributed by atoms with van der Waals surface area (Å²) in [7, 11) is 0. The first-order chi connectivity index (χ1) is 7.53. The second kappa shape index (κ2) is 4.32. The van der Waals surface area contributed by atoms with Crippen molar-refractivity contribution in [2.24, 2.45) is 0 Å². The molecule has 1 heterocycles. The highest BCUT2D eigenvalue weighted by molar-refractivity contribution is 9.10. The lowest BCUT2D eigenvalue weighted by atomic mass is 9.91. The lowest BCUT2D eigenvalue weighted by Gasteiger charge is -2.25. The van der Waals surface area contributed by atoms with Crippen molar-refractivity contribution >= 4 is 27.3 Å². The molecule has 1 aromatic heterocycles. The molecule has 16 heavy (non-hydrogen) atoms. The van der Waals surface area contributed by atoms with Crippen LogP contribution in [0.25, 0.3) is 0 Å². The molecule has 2 aromatic rings. The van der Waals surface area contributed by atoms with Crippen LogP contribution in [0, 0.1) is 6.92 Å². The third kappa shape index (κ3) is 1.95. The molecule has 0 bridgehead atoms. The molecular formula is C13H13BrOS. The number of rotatable bonds is 2. The quantitative estimate of drug-likeness (QED) is 0.885. The number of aliphatic hydroxyl groups is 1. The van der Waals surface area contributed by atoms with Gasteiger partial charge in [-0.2, -0.15) is 0 Å². The third-order valence-corrected chi connectivity index (χ3v) is 4.78. The maximum Gasteiger partial charge on any atom is 0.122 e. The first-order valence-electron chi connectivity index (χ1n) is 5.05. The normalized spacial score (nSPS) is 14.8. The molecule has 0 radical (unpaired) electrons. The molecule has 0 aliphatic carbocycles. The molecule has 84 valence electrons. The Balaban J connectivity index is 2.55. The Morgan fingerprint density at radius 3 is 2.50 bits per heavy atom. The van der Waals surface area contributed by atoms with Gasteiger partial charge in [0.05, 0.1) is 4.88 Å². The van der Waals surface area contributed by atoms with Crippen molar-refractivity contribution in [2.45, 2.75) is 19.4 Å². The van der Waals surface area contributed by atoms with Gasteiger partial charge in [0, 0.05) is 4.47 Å². The van der Waals surface area contributed by atoms with E-state index < -0.39 is 5.60 Å². The molecule has 3 heteroatoms. The van der Waals surface area contributed by atoms with Crippen LogP contribution in [0.5, 0.6) is 0 Å². The SMILES string of the molecule is Cc1ccccc1C(C)(O)c1sccc1Br. The summed E-state index contributed by atoms with van der Waals surface area (Å²) in [4.78, 5) is 0.946. The third-order valence-electron chi connectivity index (χ3n) is 2.73. The number of halogens is 1. The van der Waals surface area contributed by atoms with Gasteiger partial charge < -0.3 is 5.11 Å². The summed E-state index contributed by atoms with van der Waals surface area (Å²) in [5.41, 5.74) is 1.13. The highest BCUT2D eigenvalue weighted by atomic mass is 79.9. The summed E-state index contributed by atoms with van der Waals surface area (Å²) in [5, 5.41) is 12.7. The van der Waals surface area contributed by atoms with Crippen molar-refractivity contribution < 1.29 is 5.11 Å². The van der Waals surface area contributed by atoms with Gasteiger partial charge in [0.15, 0.2) is 0 Å². The van der Waals surface area contributed by atoms with Gasteiger partial charge in [-0.3, -0.25) is 0 Å². The number of aryl methyl sites for hydroxylation is 1. The van der Waals surface area contributed by atoms with Gasteiger partial charge in [0.2, 0.25) is 0 Å². The maximum absolute atomic E-state index is 10.7. The van der Waals surface area contributed by atoms with Gasteiger partial charge in [-0.1, -0.05) is 24.3 Å². The van der Waals surface area contributed by atoms with E-state index in [1.54, 1.807) is 11.3 Å². The van der Waals surface area contributed by atoms with Gasteiger partial charge in [-0.15, -0.1) is 11.3 Å². The molecule has 1 unspecified atom stereocenters. The molecule has 0 amide bonds. The molecule has 0 fully saturated rings. The zero-order chi connectivity index (χ0) is 11.8. The van der Waals surface area contributed by atoms with Crippen LogP contribution < -0.4 is 0 Å². The zero-order valence-corrected chi connectivity index (χ0v) is 11.6. The van der Waals surface area contributed by atoms with Crippen LogP contribution in [-0.4, -0.2) is 5.11 Å². The van der Waals surface area contributed by atoms with Crippen LogP contribution in [-0.2, 0) is 5.60 Å². The molecule has 0 spiro atoms. The van der Waals surface area contributed by atoms with Gasteiger partial charge in [-0.25, -0.2) is 0 Å². The summed E-state index contributed by atoms with van der Waals surface area (Å²) in [6.45, 7) is 3.86. The first-order valence-corrected chi connectivity index (χ1v) is 6.72. The average Bonchev–Trinajstić information content (AvgIpc) is 2.65. The van der Waals surface area contributed by atoms with E-state index in [0.717, 1.165) is 20.5 Å².